The number of carbonyl (C=O) groups is 2. The van der Waals surface area contributed by atoms with Crippen molar-refractivity contribution in [1.29, 1.82) is 0 Å². The highest BCUT2D eigenvalue weighted by molar-refractivity contribution is 5.80. The van der Waals surface area contributed by atoms with Gasteiger partial charge in [0.2, 0.25) is 0 Å². The molecule has 0 rings (SSSR count). The predicted octanol–water partition coefficient (Wildman–Crippen LogP) is -1.13. The molecular weight excluding hydrogens is 128 g/mol. The van der Waals surface area contributed by atoms with Crippen molar-refractivity contribution in [1.82, 2.24) is 0 Å². The summed E-state index contributed by atoms with van der Waals surface area (Å²) in [6.07, 6.45) is -0.532. The Morgan fingerprint density at radius 2 is 1.89 bits per heavy atom. The Bertz CT molecular complexity index is 133. The van der Waals surface area contributed by atoms with Gasteiger partial charge in [-0.05, 0) is 0 Å². The Morgan fingerprint density at radius 1 is 1.44 bits per heavy atom. The van der Waals surface area contributed by atoms with Crippen LogP contribution in [0.4, 0.5) is 0 Å². The molecule has 0 aromatic rings. The molecule has 0 bridgehead atoms. The summed E-state index contributed by atoms with van der Waals surface area (Å²) in [5, 5.41) is 16.0. The van der Waals surface area contributed by atoms with E-state index in [0.717, 1.165) is 0 Å². The van der Waals surface area contributed by atoms with E-state index < -0.39 is 24.4 Å². The minimum Gasteiger partial charge on any atom is -0.481 e. The molecule has 0 aliphatic carbocycles. The van der Waals surface area contributed by atoms with Crippen LogP contribution in [0.1, 0.15) is 6.42 Å². The summed E-state index contributed by atoms with van der Waals surface area (Å²) >= 11 is 0. The number of carboxylic acids is 2. The van der Waals surface area contributed by atoms with Gasteiger partial charge in [0.05, 0.1) is 6.42 Å². The van der Waals surface area contributed by atoms with Crippen molar-refractivity contribution < 1.29 is 19.8 Å². The third-order valence-electron chi connectivity index (χ3n) is 0.712. The van der Waals surface area contributed by atoms with Gasteiger partial charge in [0.15, 0.2) is 0 Å². The van der Waals surface area contributed by atoms with Crippen LogP contribution in [0.2, 0.25) is 0 Å². The van der Waals surface area contributed by atoms with Crippen LogP contribution in [-0.2, 0) is 9.59 Å². The first-order valence-corrected chi connectivity index (χ1v) is 2.24. The number of nitrogens with two attached hydrogens (primary N) is 1. The van der Waals surface area contributed by atoms with Gasteiger partial charge in [-0.2, -0.15) is 0 Å². The highest BCUT2D eigenvalue weighted by atomic mass is 16.5. The fourth-order valence-electron chi connectivity index (χ4n) is 0.275. The zero-order valence-corrected chi connectivity index (χ0v) is 4.57. The lowest BCUT2D eigenvalue weighted by Crippen LogP contribution is -2.32. The molecule has 0 amide bonds. The molecule has 52 valence electrons. The molecule has 0 fully saturated rings. The molecule has 0 aromatic carbocycles. The SMILES string of the molecule is N[C@H](C[13C](=O)O)[13C](=O)O. The maximum Gasteiger partial charge on any atom is 0.321 e. The third kappa shape index (κ3) is 3.48. The molecule has 0 spiro atoms. The summed E-state index contributed by atoms with van der Waals surface area (Å²) in [6, 6.07) is -1.29. The third-order valence-corrected chi connectivity index (χ3v) is 0.712. The summed E-state index contributed by atoms with van der Waals surface area (Å²) in [4.78, 5) is 19.6. The van der Waals surface area contributed by atoms with Crippen molar-refractivity contribution in [2.75, 3.05) is 0 Å². The molecule has 0 aliphatic heterocycles. The molecule has 0 saturated carbocycles. The van der Waals surface area contributed by atoms with E-state index in [-0.39, 0.29) is 0 Å². The highest BCUT2D eigenvalue weighted by Crippen LogP contribution is 1.86. The minimum atomic E-state index is -1.29. The Balaban J connectivity index is 3.63. The van der Waals surface area contributed by atoms with Crippen molar-refractivity contribution in [3.8, 4) is 0 Å². The van der Waals surface area contributed by atoms with E-state index in [0.29, 0.717) is 0 Å². The van der Waals surface area contributed by atoms with Crippen molar-refractivity contribution in [3.63, 3.8) is 0 Å². The van der Waals surface area contributed by atoms with Crippen LogP contribution in [0.15, 0.2) is 0 Å². The molecule has 0 radical (unpaired) electrons. The largest absolute Gasteiger partial charge is 0.481 e. The van der Waals surface area contributed by atoms with E-state index in [9.17, 15) is 9.59 Å². The molecule has 0 aliphatic rings. The van der Waals surface area contributed by atoms with E-state index in [1.807, 2.05) is 0 Å². The first kappa shape index (κ1) is 7.90. The summed E-state index contributed by atoms with van der Waals surface area (Å²) in [7, 11) is 0. The van der Waals surface area contributed by atoms with E-state index in [2.05, 4.69) is 0 Å². The first-order valence-electron chi connectivity index (χ1n) is 2.24. The van der Waals surface area contributed by atoms with Crippen LogP contribution in [0.25, 0.3) is 0 Å². The normalized spacial score (nSPS) is 12.6. The Kier molecular flexibility index (Phi) is 2.66. The van der Waals surface area contributed by atoms with Gasteiger partial charge in [-0.15, -0.1) is 0 Å². The Morgan fingerprint density at radius 3 is 2.00 bits per heavy atom. The summed E-state index contributed by atoms with van der Waals surface area (Å²) in [5.41, 5.74) is 4.84. The molecular formula is C4H7NO4. The molecule has 0 heterocycles. The maximum absolute atomic E-state index is 9.85. The van der Waals surface area contributed by atoms with Gasteiger partial charge >= 0.3 is 11.9 Å². The minimum absolute atomic E-state index is 0.532. The molecule has 0 saturated heterocycles. The van der Waals surface area contributed by atoms with Gasteiger partial charge < -0.3 is 15.9 Å². The lowest BCUT2D eigenvalue weighted by atomic mass is 10.4. The highest BCUT2D eigenvalue weighted by Gasteiger charge is 2.14. The quantitative estimate of drug-likeness (QED) is 0.425. The van der Waals surface area contributed by atoms with Crippen molar-refractivity contribution in [2.24, 2.45) is 5.73 Å². The Labute approximate surface area is 51.1 Å². The van der Waals surface area contributed by atoms with Gasteiger partial charge in [0, 0.05) is 0 Å². The van der Waals surface area contributed by atoms with Gasteiger partial charge in [0.25, 0.3) is 0 Å². The van der Waals surface area contributed by atoms with E-state index in [1.165, 1.54) is 0 Å². The van der Waals surface area contributed by atoms with Gasteiger partial charge in [-0.25, -0.2) is 0 Å². The zero-order chi connectivity index (χ0) is 7.44. The van der Waals surface area contributed by atoms with Crippen LogP contribution in [0, 0.1) is 0 Å². The molecule has 5 nitrogen and oxygen atoms in total. The smallest absolute Gasteiger partial charge is 0.321 e. The first-order chi connectivity index (χ1) is 4.04. The van der Waals surface area contributed by atoms with Crippen LogP contribution < -0.4 is 5.73 Å². The predicted molar refractivity (Wildman–Crippen MR) is 27.9 cm³/mol. The fraction of sp³-hybridized carbons (Fsp3) is 0.500. The van der Waals surface area contributed by atoms with Crippen LogP contribution in [-0.4, -0.2) is 28.2 Å². The lowest BCUT2D eigenvalue weighted by molar-refractivity contribution is -0.144. The Hall–Kier alpha value is -1.10. The average Bonchev–Trinajstić information content (AvgIpc) is 1.63. The van der Waals surface area contributed by atoms with E-state index in [1.54, 1.807) is 0 Å². The van der Waals surface area contributed by atoms with Crippen LogP contribution >= 0.6 is 0 Å². The zero-order valence-electron chi connectivity index (χ0n) is 4.57. The van der Waals surface area contributed by atoms with Gasteiger partial charge in [0.1, 0.15) is 6.04 Å². The number of rotatable bonds is 3. The number of aliphatic carboxylic acids is 2. The molecule has 0 aromatic heterocycles. The lowest BCUT2D eigenvalue weighted by Gasteiger charge is -1.99. The second-order valence-electron chi connectivity index (χ2n) is 1.54. The van der Waals surface area contributed by atoms with Crippen molar-refractivity contribution in [3.05, 3.63) is 0 Å². The summed E-state index contributed by atoms with van der Waals surface area (Å²) in [5.74, 6) is -2.50. The summed E-state index contributed by atoms with van der Waals surface area (Å²) in [6.45, 7) is 0. The van der Waals surface area contributed by atoms with Gasteiger partial charge in [-0.1, -0.05) is 0 Å². The van der Waals surface area contributed by atoms with Gasteiger partial charge in [-0.3, -0.25) is 9.59 Å². The topological polar surface area (TPSA) is 101 Å². The molecule has 0 unspecified atom stereocenters. The number of hydrogen-bond donors (Lipinski definition) is 3. The van der Waals surface area contributed by atoms with Crippen LogP contribution in [0.5, 0.6) is 0 Å². The number of hydrogen-bond acceptors (Lipinski definition) is 3. The molecule has 4 N–H and O–H groups in total. The van der Waals surface area contributed by atoms with Crippen LogP contribution in [0.3, 0.4) is 0 Å². The second kappa shape index (κ2) is 3.03. The summed E-state index contributed by atoms with van der Waals surface area (Å²) < 4.78 is 0. The number of carboxylic acid groups (broad SMARTS) is 2. The second-order valence-corrected chi connectivity index (χ2v) is 1.54. The van der Waals surface area contributed by atoms with Crippen molar-refractivity contribution >= 4 is 11.9 Å². The van der Waals surface area contributed by atoms with E-state index in [4.69, 9.17) is 15.9 Å². The molecule has 9 heavy (non-hydrogen) atoms. The standard InChI is InChI=1S/C4H7NO4/c5-2(4(8)9)1-3(6)7/h2H,1,5H2,(H,6,7)(H,8,9)/t2-/m1/s1/i3+1,4+1. The van der Waals surface area contributed by atoms with E-state index >= 15 is 0 Å². The fourth-order valence-corrected chi connectivity index (χ4v) is 0.275. The van der Waals surface area contributed by atoms with Crippen molar-refractivity contribution in [2.45, 2.75) is 12.5 Å². The average molecular weight is 135 g/mol. The maximum atomic E-state index is 9.85. The molecule has 5 heteroatoms. The monoisotopic (exact) mass is 135 g/mol. The molecule has 1 atom stereocenters.